The first kappa shape index (κ1) is 9.91. The third-order valence-electron chi connectivity index (χ3n) is 1.14. The Hall–Kier alpha value is -1.17. The second-order valence-corrected chi connectivity index (χ2v) is 2.41. The zero-order valence-corrected chi connectivity index (χ0v) is 6.73. The molecule has 0 saturated carbocycles. The summed E-state index contributed by atoms with van der Waals surface area (Å²) in [5.74, 6) is -1.98. The fourth-order valence-corrected chi connectivity index (χ4v) is 0.691. The lowest BCUT2D eigenvalue weighted by molar-refractivity contribution is -0.0885. The SMILES string of the molecule is O=C(c1cnc(Cl)nc1)C(F)(F)F. The summed E-state index contributed by atoms with van der Waals surface area (Å²) >= 11 is 5.22. The third kappa shape index (κ3) is 2.38. The molecule has 3 nitrogen and oxygen atoms in total. The standard InChI is InChI=1S/C6H2ClF3N2O/c7-5-11-1-3(2-12-5)4(13)6(8,9)10/h1-2H. The van der Waals surface area contributed by atoms with Gasteiger partial charge < -0.3 is 0 Å². The number of ketones is 1. The molecule has 0 N–H and O–H groups in total. The van der Waals surface area contributed by atoms with Crippen molar-refractivity contribution in [1.82, 2.24) is 9.97 Å². The lowest BCUT2D eigenvalue weighted by Crippen LogP contribution is -2.22. The first-order valence-electron chi connectivity index (χ1n) is 3.00. The zero-order chi connectivity index (χ0) is 10.1. The number of halogens is 4. The third-order valence-corrected chi connectivity index (χ3v) is 1.34. The van der Waals surface area contributed by atoms with Crippen LogP contribution in [0.15, 0.2) is 12.4 Å². The molecule has 0 aliphatic rings. The van der Waals surface area contributed by atoms with E-state index in [2.05, 4.69) is 9.97 Å². The van der Waals surface area contributed by atoms with Crippen molar-refractivity contribution in [3.8, 4) is 0 Å². The molecule has 0 aliphatic heterocycles. The average Bonchev–Trinajstić information content (AvgIpc) is 2.03. The molecule has 0 amide bonds. The van der Waals surface area contributed by atoms with Crippen molar-refractivity contribution in [2.45, 2.75) is 6.18 Å². The van der Waals surface area contributed by atoms with E-state index in [9.17, 15) is 18.0 Å². The number of aromatic nitrogens is 2. The second-order valence-electron chi connectivity index (χ2n) is 2.07. The molecule has 1 heterocycles. The molecule has 0 spiro atoms. The predicted octanol–water partition coefficient (Wildman–Crippen LogP) is 1.88. The number of carbonyl (C=O) groups excluding carboxylic acids is 1. The summed E-state index contributed by atoms with van der Waals surface area (Å²) in [4.78, 5) is 17.0. The Bertz CT molecular complexity index is 322. The number of rotatable bonds is 1. The quantitative estimate of drug-likeness (QED) is 0.525. The van der Waals surface area contributed by atoms with Gasteiger partial charge in [-0.25, -0.2) is 9.97 Å². The Labute approximate surface area is 75.6 Å². The molecule has 1 aromatic rings. The van der Waals surface area contributed by atoms with Crippen LogP contribution in [0.25, 0.3) is 0 Å². The van der Waals surface area contributed by atoms with Gasteiger partial charge in [0.1, 0.15) is 0 Å². The average molecular weight is 211 g/mol. The number of carbonyl (C=O) groups is 1. The maximum absolute atomic E-state index is 11.8. The van der Waals surface area contributed by atoms with Crippen LogP contribution in [0.1, 0.15) is 10.4 Å². The van der Waals surface area contributed by atoms with Crippen LogP contribution in [-0.2, 0) is 0 Å². The molecule has 1 rings (SSSR count). The monoisotopic (exact) mass is 210 g/mol. The van der Waals surface area contributed by atoms with Crippen molar-refractivity contribution in [3.05, 3.63) is 23.2 Å². The highest BCUT2D eigenvalue weighted by atomic mass is 35.5. The summed E-state index contributed by atoms with van der Waals surface area (Å²) in [6, 6.07) is 0. The van der Waals surface area contributed by atoms with Gasteiger partial charge in [-0.3, -0.25) is 4.79 Å². The minimum atomic E-state index is -4.91. The van der Waals surface area contributed by atoms with E-state index in [0.29, 0.717) is 0 Å². The van der Waals surface area contributed by atoms with Gasteiger partial charge in [-0.05, 0) is 11.6 Å². The maximum Gasteiger partial charge on any atom is 0.454 e. The summed E-state index contributed by atoms with van der Waals surface area (Å²) in [7, 11) is 0. The van der Waals surface area contributed by atoms with Crippen molar-refractivity contribution in [1.29, 1.82) is 0 Å². The van der Waals surface area contributed by atoms with E-state index in [1.165, 1.54) is 0 Å². The molecule has 1 aromatic heterocycles. The second kappa shape index (κ2) is 3.29. The minimum absolute atomic E-state index is 0.210. The van der Waals surface area contributed by atoms with Crippen LogP contribution in [0.5, 0.6) is 0 Å². The van der Waals surface area contributed by atoms with Crippen LogP contribution in [-0.4, -0.2) is 21.9 Å². The van der Waals surface area contributed by atoms with Gasteiger partial charge in [0.2, 0.25) is 5.28 Å². The van der Waals surface area contributed by atoms with Gasteiger partial charge in [0.15, 0.2) is 0 Å². The molecule has 0 unspecified atom stereocenters. The Morgan fingerprint density at radius 3 is 2.15 bits per heavy atom. The van der Waals surface area contributed by atoms with Crippen LogP contribution in [0.2, 0.25) is 5.28 Å². The molecule has 0 saturated heterocycles. The van der Waals surface area contributed by atoms with Crippen LogP contribution in [0, 0.1) is 0 Å². The van der Waals surface area contributed by atoms with E-state index >= 15 is 0 Å². The molecular weight excluding hydrogens is 209 g/mol. The van der Waals surface area contributed by atoms with Gasteiger partial charge in [-0.2, -0.15) is 13.2 Å². The van der Waals surface area contributed by atoms with Gasteiger partial charge >= 0.3 is 6.18 Å². The summed E-state index contributed by atoms with van der Waals surface area (Å²) in [6.07, 6.45) is -3.45. The van der Waals surface area contributed by atoms with Crippen molar-refractivity contribution in [2.75, 3.05) is 0 Å². The lowest BCUT2D eigenvalue weighted by atomic mass is 10.2. The van der Waals surface area contributed by atoms with Gasteiger partial charge in [0.05, 0.1) is 5.56 Å². The molecule has 0 aliphatic carbocycles. The normalized spacial score (nSPS) is 11.4. The number of Topliss-reactive ketones (excluding diaryl/α,β-unsaturated/α-hetero) is 1. The molecule has 0 bridgehead atoms. The van der Waals surface area contributed by atoms with Gasteiger partial charge in [-0.15, -0.1) is 0 Å². The van der Waals surface area contributed by atoms with E-state index < -0.39 is 17.5 Å². The van der Waals surface area contributed by atoms with E-state index in [1.807, 2.05) is 0 Å². The largest absolute Gasteiger partial charge is 0.454 e. The molecular formula is C6H2ClF3N2O. The van der Waals surface area contributed by atoms with Crippen molar-refractivity contribution in [3.63, 3.8) is 0 Å². The van der Waals surface area contributed by atoms with Crippen LogP contribution < -0.4 is 0 Å². The first-order chi connectivity index (χ1) is 5.91. The zero-order valence-electron chi connectivity index (χ0n) is 5.97. The molecule has 7 heteroatoms. The number of nitrogens with zero attached hydrogens (tertiary/aromatic N) is 2. The van der Waals surface area contributed by atoms with Crippen molar-refractivity contribution < 1.29 is 18.0 Å². The molecule has 0 fully saturated rings. The maximum atomic E-state index is 11.8. The summed E-state index contributed by atoms with van der Waals surface area (Å²) < 4.78 is 35.4. The van der Waals surface area contributed by atoms with Crippen molar-refractivity contribution in [2.24, 2.45) is 0 Å². The molecule has 70 valence electrons. The Morgan fingerprint density at radius 1 is 1.31 bits per heavy atom. The Morgan fingerprint density at radius 2 is 1.77 bits per heavy atom. The minimum Gasteiger partial charge on any atom is -0.284 e. The fourth-order valence-electron chi connectivity index (χ4n) is 0.593. The summed E-state index contributed by atoms with van der Waals surface area (Å²) in [5.41, 5.74) is -0.628. The Balaban J connectivity index is 2.97. The summed E-state index contributed by atoms with van der Waals surface area (Å²) in [6.45, 7) is 0. The van der Waals surface area contributed by atoms with E-state index in [4.69, 9.17) is 11.6 Å². The molecule has 0 atom stereocenters. The van der Waals surface area contributed by atoms with E-state index in [0.717, 1.165) is 12.4 Å². The van der Waals surface area contributed by atoms with E-state index in [1.54, 1.807) is 0 Å². The number of hydrogen-bond acceptors (Lipinski definition) is 3. The molecule has 13 heavy (non-hydrogen) atoms. The smallest absolute Gasteiger partial charge is 0.284 e. The van der Waals surface area contributed by atoms with Gasteiger partial charge in [-0.1, -0.05) is 0 Å². The highest BCUT2D eigenvalue weighted by Gasteiger charge is 2.39. The molecule has 0 radical (unpaired) electrons. The van der Waals surface area contributed by atoms with Crippen LogP contribution >= 0.6 is 11.6 Å². The number of hydrogen-bond donors (Lipinski definition) is 0. The highest BCUT2D eigenvalue weighted by Crippen LogP contribution is 2.20. The topological polar surface area (TPSA) is 42.9 Å². The van der Waals surface area contributed by atoms with E-state index in [-0.39, 0.29) is 5.28 Å². The number of alkyl halides is 3. The van der Waals surface area contributed by atoms with Crippen LogP contribution in [0.4, 0.5) is 13.2 Å². The molecule has 0 aromatic carbocycles. The highest BCUT2D eigenvalue weighted by molar-refractivity contribution is 6.28. The summed E-state index contributed by atoms with van der Waals surface area (Å²) in [5, 5.41) is -0.210. The Kier molecular flexibility index (Phi) is 2.51. The van der Waals surface area contributed by atoms with Gasteiger partial charge in [0.25, 0.3) is 5.78 Å². The van der Waals surface area contributed by atoms with Crippen molar-refractivity contribution >= 4 is 17.4 Å². The fraction of sp³-hybridized carbons (Fsp3) is 0.167. The lowest BCUT2D eigenvalue weighted by Gasteiger charge is -2.03. The van der Waals surface area contributed by atoms with Gasteiger partial charge in [0, 0.05) is 12.4 Å². The van der Waals surface area contributed by atoms with Crippen LogP contribution in [0.3, 0.4) is 0 Å². The predicted molar refractivity (Wildman–Crippen MR) is 37.4 cm³/mol. The first-order valence-corrected chi connectivity index (χ1v) is 3.38.